The van der Waals surface area contributed by atoms with Gasteiger partial charge in [-0.15, -0.1) is 0 Å². The number of rotatable bonds is 0. The summed E-state index contributed by atoms with van der Waals surface area (Å²) in [6.45, 7) is 0. The Bertz CT molecular complexity index is 8.00. The average molecular weight is 227 g/mol. The molecule has 0 nitrogen and oxygen atoms in total. The van der Waals surface area contributed by atoms with Crippen LogP contribution in [0, 0.1) is 0 Å². The molecule has 0 spiro atoms. The van der Waals surface area contributed by atoms with Gasteiger partial charge in [-0.2, -0.15) is 0 Å². The minimum absolute atomic E-state index is 0. The van der Waals surface area contributed by atoms with Gasteiger partial charge in [0.05, 0.1) is 0 Å². The van der Waals surface area contributed by atoms with Crippen LogP contribution < -0.4 is 0 Å². The average Bonchev–Trinajstić information content (AvgIpc) is 0. The van der Waals surface area contributed by atoms with E-state index in [-0.39, 0.29) is 66.0 Å². The smallest absolute Gasteiger partial charge is 0 e. The van der Waals surface area contributed by atoms with Gasteiger partial charge in [-0.05, 0) is 0 Å². The molecule has 0 rings (SSSR count). The van der Waals surface area contributed by atoms with Crippen LogP contribution in [0.3, 0.4) is 0 Å². The molecule has 0 aromatic carbocycles. The van der Waals surface area contributed by atoms with Crippen molar-refractivity contribution in [2.45, 2.75) is 0 Å². The van der Waals surface area contributed by atoms with Crippen molar-refractivity contribution in [3.8, 4) is 0 Å². The van der Waals surface area contributed by atoms with Gasteiger partial charge in [0.2, 0.25) is 0 Å². The second kappa shape index (κ2) is 20.7. The SMILES string of the molecule is [B].[Mn].[Mo].[Zn]. The van der Waals surface area contributed by atoms with Gasteiger partial charge in [0, 0.05) is 66.0 Å². The standard InChI is InChI=1S/B.Mn.Mo.Zn. The van der Waals surface area contributed by atoms with E-state index in [0.717, 1.165) is 0 Å². The topological polar surface area (TPSA) is 0 Å². The molecule has 0 fully saturated rings. The van der Waals surface area contributed by atoms with Crippen molar-refractivity contribution in [3.63, 3.8) is 0 Å². The van der Waals surface area contributed by atoms with Gasteiger partial charge in [0.1, 0.15) is 0 Å². The molecule has 0 atom stereocenters. The first kappa shape index (κ1) is 39.3. The van der Waals surface area contributed by atoms with Gasteiger partial charge in [-0.3, -0.25) is 0 Å². The maximum absolute atomic E-state index is 0. The Kier molecular flexibility index (Phi) is 203. The van der Waals surface area contributed by atoms with E-state index in [1.165, 1.54) is 0 Å². The van der Waals surface area contributed by atoms with Crippen molar-refractivity contribution in [2.24, 2.45) is 0 Å². The van der Waals surface area contributed by atoms with Crippen LogP contribution in [0.15, 0.2) is 0 Å². The zero-order chi connectivity index (χ0) is 0. The molecule has 0 aromatic rings. The first-order valence-corrected chi connectivity index (χ1v) is 0. The molecule has 4 heteroatoms. The Morgan fingerprint density at radius 2 is 1.00 bits per heavy atom. The van der Waals surface area contributed by atoms with E-state index < -0.39 is 0 Å². The van der Waals surface area contributed by atoms with Crippen LogP contribution in [-0.4, -0.2) is 8.41 Å². The zero-order valence-corrected chi connectivity index (χ0v) is 8.23. The third-order valence-electron chi connectivity index (χ3n) is 0. The van der Waals surface area contributed by atoms with Crippen molar-refractivity contribution < 1.29 is 57.6 Å². The first-order chi connectivity index (χ1) is 0. The van der Waals surface area contributed by atoms with Gasteiger partial charge in [-0.1, -0.05) is 0 Å². The minimum Gasteiger partial charge on any atom is 0 e. The van der Waals surface area contributed by atoms with E-state index in [1.807, 2.05) is 0 Å². The molecule has 0 aliphatic carbocycles. The molecule has 0 amide bonds. The fourth-order valence-corrected chi connectivity index (χ4v) is 0. The fourth-order valence-electron chi connectivity index (χ4n) is 0. The quantitative estimate of drug-likeness (QED) is 0.494. The summed E-state index contributed by atoms with van der Waals surface area (Å²) in [4.78, 5) is 0. The van der Waals surface area contributed by atoms with Crippen LogP contribution in [0.5, 0.6) is 0 Å². The Labute approximate surface area is 65.6 Å². The molecular formula is BMnMoZn. The maximum atomic E-state index is 0. The van der Waals surface area contributed by atoms with Crippen molar-refractivity contribution in [1.82, 2.24) is 0 Å². The summed E-state index contributed by atoms with van der Waals surface area (Å²) in [5.41, 5.74) is 0. The zero-order valence-electron chi connectivity index (χ0n) is 2.07. The van der Waals surface area contributed by atoms with Crippen LogP contribution in [0.1, 0.15) is 0 Å². The van der Waals surface area contributed by atoms with E-state index in [4.69, 9.17) is 0 Å². The Morgan fingerprint density at radius 1 is 1.00 bits per heavy atom. The van der Waals surface area contributed by atoms with Crippen LogP contribution in [0.4, 0.5) is 0 Å². The monoisotopic (exact) mass is 228 g/mol. The number of hydrogen-bond donors (Lipinski definition) is 0. The summed E-state index contributed by atoms with van der Waals surface area (Å²) < 4.78 is 0. The molecule has 0 aliphatic rings. The Balaban J connectivity index is 0. The minimum atomic E-state index is 0. The summed E-state index contributed by atoms with van der Waals surface area (Å²) in [6.07, 6.45) is 0. The summed E-state index contributed by atoms with van der Waals surface area (Å²) in [7, 11) is 0. The van der Waals surface area contributed by atoms with E-state index in [2.05, 4.69) is 0 Å². The molecule has 0 aliphatic heterocycles. The summed E-state index contributed by atoms with van der Waals surface area (Å²) >= 11 is 0. The van der Waals surface area contributed by atoms with Gasteiger partial charge < -0.3 is 0 Å². The molecule has 18 valence electrons. The number of hydrogen-bond acceptors (Lipinski definition) is 0. The second-order valence-electron chi connectivity index (χ2n) is 0. The molecular weight excluding hydrogens is 227 g/mol. The molecule has 0 N–H and O–H groups in total. The Morgan fingerprint density at radius 3 is 1.00 bits per heavy atom. The molecule has 0 aromatic heterocycles. The molecule has 0 bridgehead atoms. The van der Waals surface area contributed by atoms with Crippen molar-refractivity contribution in [3.05, 3.63) is 0 Å². The predicted molar refractivity (Wildman–Crippen MR) is 5.75 cm³/mol. The van der Waals surface area contributed by atoms with Crippen LogP contribution in [0.2, 0.25) is 0 Å². The summed E-state index contributed by atoms with van der Waals surface area (Å²) in [5, 5.41) is 0. The largest absolute Gasteiger partial charge is 0 e. The van der Waals surface area contributed by atoms with Crippen LogP contribution in [0.25, 0.3) is 0 Å². The Hall–Kier alpha value is 1.90. The summed E-state index contributed by atoms with van der Waals surface area (Å²) in [6, 6.07) is 0. The van der Waals surface area contributed by atoms with Gasteiger partial charge in [0.15, 0.2) is 0 Å². The van der Waals surface area contributed by atoms with E-state index >= 15 is 0 Å². The van der Waals surface area contributed by atoms with Gasteiger partial charge in [-0.25, -0.2) is 0 Å². The van der Waals surface area contributed by atoms with E-state index in [1.54, 1.807) is 0 Å². The molecule has 0 unspecified atom stereocenters. The fraction of sp³-hybridized carbons (Fsp3) is 0. The molecule has 0 saturated carbocycles. The van der Waals surface area contributed by atoms with E-state index in [9.17, 15) is 0 Å². The summed E-state index contributed by atoms with van der Waals surface area (Å²) in [5.74, 6) is 0. The predicted octanol–water partition coefficient (Wildman–Crippen LogP) is -0.388. The van der Waals surface area contributed by atoms with Gasteiger partial charge in [0.25, 0.3) is 0 Å². The first-order valence-electron chi connectivity index (χ1n) is 0. The van der Waals surface area contributed by atoms with Crippen molar-refractivity contribution >= 4 is 8.41 Å². The molecule has 4 radical (unpaired) electrons. The van der Waals surface area contributed by atoms with Crippen molar-refractivity contribution in [2.75, 3.05) is 0 Å². The van der Waals surface area contributed by atoms with Crippen LogP contribution >= 0.6 is 0 Å². The van der Waals surface area contributed by atoms with Crippen LogP contribution in [-0.2, 0) is 57.6 Å². The molecule has 0 saturated heterocycles. The third kappa shape index (κ3) is 9.09. The molecule has 4 heavy (non-hydrogen) atoms. The maximum Gasteiger partial charge on any atom is 0 e. The van der Waals surface area contributed by atoms with Gasteiger partial charge >= 0.3 is 0 Å². The third-order valence-corrected chi connectivity index (χ3v) is 0. The van der Waals surface area contributed by atoms with E-state index in [0.29, 0.717) is 0 Å². The second-order valence-corrected chi connectivity index (χ2v) is 0. The normalized spacial score (nSPS) is 0. The molecule has 0 heterocycles. The van der Waals surface area contributed by atoms with Crippen molar-refractivity contribution in [1.29, 1.82) is 0 Å².